The molecule has 6 nitrogen and oxygen atoms in total. The second-order valence-electron chi connectivity index (χ2n) is 5.18. The van der Waals surface area contributed by atoms with E-state index in [1.54, 1.807) is 60.7 Å². The van der Waals surface area contributed by atoms with E-state index < -0.39 is 17.8 Å². The smallest absolute Gasteiger partial charge is 0.293 e. The van der Waals surface area contributed by atoms with Gasteiger partial charge in [0.2, 0.25) is 0 Å². The third-order valence-electron chi connectivity index (χ3n) is 3.39. The maximum Gasteiger partial charge on any atom is 0.373 e. The summed E-state index contributed by atoms with van der Waals surface area (Å²) in [6, 6.07) is 16.7. The number of amides is 2. The molecule has 0 spiro atoms. The Bertz CT molecular complexity index is 796. The van der Waals surface area contributed by atoms with Crippen LogP contribution in [0.3, 0.4) is 0 Å². The predicted molar refractivity (Wildman–Crippen MR) is 93.7 cm³/mol. The van der Waals surface area contributed by atoms with E-state index in [1.807, 2.05) is 5.92 Å². The van der Waals surface area contributed by atoms with Gasteiger partial charge >= 0.3 is 11.9 Å². The van der Waals surface area contributed by atoms with Gasteiger partial charge in [-0.25, -0.2) is 4.79 Å². The highest BCUT2D eigenvalue weighted by molar-refractivity contribution is 6.09. The van der Waals surface area contributed by atoms with Crippen LogP contribution in [0.25, 0.3) is 0 Å². The van der Waals surface area contributed by atoms with E-state index in [1.165, 1.54) is 0 Å². The van der Waals surface area contributed by atoms with Crippen LogP contribution in [0.15, 0.2) is 60.7 Å². The topological polar surface area (TPSA) is 72.9 Å². The minimum absolute atomic E-state index is 0.00892. The second kappa shape index (κ2) is 9.77. The van der Waals surface area contributed by atoms with Crippen LogP contribution in [0, 0.1) is 12.3 Å². The largest absolute Gasteiger partial charge is 0.373 e. The molecule has 0 fully saturated rings. The Hall–Kier alpha value is -3.43. The van der Waals surface area contributed by atoms with Crippen molar-refractivity contribution in [2.24, 2.45) is 0 Å². The minimum Gasteiger partial charge on any atom is -0.293 e. The minimum atomic E-state index is -0.736. The first-order valence-corrected chi connectivity index (χ1v) is 7.90. The number of benzene rings is 2. The molecule has 2 amide bonds. The quantitative estimate of drug-likeness (QED) is 0.332. The predicted octanol–water partition coefficient (Wildman–Crippen LogP) is 2.47. The Labute approximate surface area is 151 Å². The standard InChI is InChI=1S/C20H17NO5/c1-2-18(22)21(19(23)16-10-5-3-6-11-16)14-9-15-25-26-20(24)17-12-7-4-8-13-17/h1,3-8,10-13H,9,14-15H2. The van der Waals surface area contributed by atoms with Crippen molar-refractivity contribution in [3.05, 3.63) is 71.8 Å². The van der Waals surface area contributed by atoms with E-state index in [2.05, 4.69) is 4.89 Å². The normalized spacial score (nSPS) is 9.81. The zero-order valence-corrected chi connectivity index (χ0v) is 14.0. The van der Waals surface area contributed by atoms with Crippen molar-refractivity contribution in [3.63, 3.8) is 0 Å². The molecule has 0 aromatic heterocycles. The molecule has 0 N–H and O–H groups in total. The molecule has 0 unspecified atom stereocenters. The van der Waals surface area contributed by atoms with Crippen LogP contribution >= 0.6 is 0 Å². The van der Waals surface area contributed by atoms with Crippen molar-refractivity contribution in [1.29, 1.82) is 0 Å². The van der Waals surface area contributed by atoms with E-state index in [0.717, 1.165) is 4.90 Å². The highest BCUT2D eigenvalue weighted by Crippen LogP contribution is 2.07. The molecule has 0 bridgehead atoms. The average Bonchev–Trinajstić information content (AvgIpc) is 2.70. The lowest BCUT2D eigenvalue weighted by atomic mass is 10.2. The molecule has 0 heterocycles. The number of carbonyl (C=O) groups is 3. The van der Waals surface area contributed by atoms with Gasteiger partial charge in [0, 0.05) is 12.1 Å². The van der Waals surface area contributed by atoms with E-state index in [4.69, 9.17) is 11.3 Å². The van der Waals surface area contributed by atoms with E-state index in [9.17, 15) is 14.4 Å². The summed E-state index contributed by atoms with van der Waals surface area (Å²) in [5.74, 6) is 0.0868. The summed E-state index contributed by atoms with van der Waals surface area (Å²) in [6.07, 6.45) is 5.39. The molecule has 2 rings (SSSR count). The molecular formula is C20H17NO5. The van der Waals surface area contributed by atoms with Crippen LogP contribution in [0.4, 0.5) is 0 Å². The molecule has 0 aliphatic heterocycles. The third-order valence-corrected chi connectivity index (χ3v) is 3.39. The fraction of sp³-hybridized carbons (Fsp3) is 0.150. The van der Waals surface area contributed by atoms with Crippen LogP contribution < -0.4 is 0 Å². The molecule has 0 saturated heterocycles. The van der Waals surface area contributed by atoms with Crippen LogP contribution in [-0.4, -0.2) is 35.8 Å². The van der Waals surface area contributed by atoms with Gasteiger partial charge in [0.25, 0.3) is 5.91 Å². The maximum absolute atomic E-state index is 12.4. The van der Waals surface area contributed by atoms with Gasteiger partial charge in [0.1, 0.15) is 0 Å². The first kappa shape index (κ1) is 18.9. The van der Waals surface area contributed by atoms with Crippen molar-refractivity contribution >= 4 is 17.8 Å². The van der Waals surface area contributed by atoms with Crippen molar-refractivity contribution in [3.8, 4) is 12.3 Å². The van der Waals surface area contributed by atoms with Crippen molar-refractivity contribution in [1.82, 2.24) is 4.90 Å². The number of nitrogens with zero attached hydrogens (tertiary/aromatic N) is 1. The van der Waals surface area contributed by atoms with Gasteiger partial charge in [-0.15, -0.1) is 6.42 Å². The Morgan fingerprint density at radius 2 is 1.50 bits per heavy atom. The zero-order valence-electron chi connectivity index (χ0n) is 14.0. The molecule has 0 atom stereocenters. The molecule has 0 aliphatic carbocycles. The third kappa shape index (κ3) is 5.30. The van der Waals surface area contributed by atoms with Gasteiger partial charge < -0.3 is 0 Å². The molecule has 6 heteroatoms. The fourth-order valence-electron chi connectivity index (χ4n) is 2.11. The molecular weight excluding hydrogens is 334 g/mol. The average molecular weight is 351 g/mol. The van der Waals surface area contributed by atoms with Gasteiger partial charge in [-0.2, -0.15) is 4.89 Å². The Kier molecular flexibility index (Phi) is 7.10. The maximum atomic E-state index is 12.4. The lowest BCUT2D eigenvalue weighted by molar-refractivity contribution is -0.241. The summed E-state index contributed by atoms with van der Waals surface area (Å²) in [4.78, 5) is 46.4. The van der Waals surface area contributed by atoms with Gasteiger partial charge in [0.15, 0.2) is 0 Å². The molecule has 2 aromatic rings. The number of hydrogen-bond acceptors (Lipinski definition) is 5. The van der Waals surface area contributed by atoms with Crippen LogP contribution in [0.1, 0.15) is 27.1 Å². The number of imide groups is 1. The SMILES string of the molecule is C#CC(=O)N(CCCOOC(=O)c1ccccc1)C(=O)c1ccccc1. The van der Waals surface area contributed by atoms with Gasteiger partial charge in [-0.1, -0.05) is 36.4 Å². The highest BCUT2D eigenvalue weighted by atomic mass is 17.2. The molecule has 0 aliphatic rings. The van der Waals surface area contributed by atoms with Crippen molar-refractivity contribution in [2.45, 2.75) is 6.42 Å². The summed E-state index contributed by atoms with van der Waals surface area (Å²) in [7, 11) is 0. The Morgan fingerprint density at radius 1 is 0.923 bits per heavy atom. The summed E-state index contributed by atoms with van der Waals surface area (Å²) < 4.78 is 0. The highest BCUT2D eigenvalue weighted by Gasteiger charge is 2.21. The molecule has 0 saturated carbocycles. The van der Waals surface area contributed by atoms with Crippen LogP contribution in [0.2, 0.25) is 0 Å². The molecule has 26 heavy (non-hydrogen) atoms. The number of terminal acetylenes is 1. The van der Waals surface area contributed by atoms with Gasteiger partial charge in [-0.3, -0.25) is 19.4 Å². The Balaban J connectivity index is 1.83. The second-order valence-corrected chi connectivity index (χ2v) is 5.18. The van der Waals surface area contributed by atoms with E-state index in [0.29, 0.717) is 11.1 Å². The van der Waals surface area contributed by atoms with Gasteiger partial charge in [-0.05, 0) is 36.6 Å². The number of carbonyl (C=O) groups excluding carboxylic acids is 3. The van der Waals surface area contributed by atoms with Crippen molar-refractivity contribution in [2.75, 3.05) is 13.2 Å². The summed E-state index contributed by atoms with van der Waals surface area (Å²) in [6.45, 7) is 0.0502. The lowest BCUT2D eigenvalue weighted by Gasteiger charge is -2.18. The summed E-state index contributed by atoms with van der Waals surface area (Å²) in [5, 5.41) is 0. The first-order chi connectivity index (χ1) is 12.6. The molecule has 2 aromatic carbocycles. The number of rotatable bonds is 7. The van der Waals surface area contributed by atoms with Crippen LogP contribution in [0.5, 0.6) is 0 Å². The zero-order chi connectivity index (χ0) is 18.8. The fourth-order valence-corrected chi connectivity index (χ4v) is 2.11. The van der Waals surface area contributed by atoms with Crippen molar-refractivity contribution < 1.29 is 24.2 Å². The van der Waals surface area contributed by atoms with E-state index >= 15 is 0 Å². The lowest BCUT2D eigenvalue weighted by Crippen LogP contribution is -2.37. The molecule has 0 radical (unpaired) electrons. The summed E-state index contributed by atoms with van der Waals surface area (Å²) in [5.41, 5.74) is 0.711. The monoisotopic (exact) mass is 351 g/mol. The number of hydrogen-bond donors (Lipinski definition) is 0. The van der Waals surface area contributed by atoms with Gasteiger partial charge in [0.05, 0.1) is 12.2 Å². The Morgan fingerprint density at radius 3 is 2.08 bits per heavy atom. The summed E-state index contributed by atoms with van der Waals surface area (Å²) >= 11 is 0. The van der Waals surface area contributed by atoms with Crippen LogP contribution in [-0.2, 0) is 14.6 Å². The van der Waals surface area contributed by atoms with E-state index in [-0.39, 0.29) is 19.6 Å². The molecule has 132 valence electrons. The first-order valence-electron chi connectivity index (χ1n) is 7.90.